The summed E-state index contributed by atoms with van der Waals surface area (Å²) in [5.41, 5.74) is 1.70. The van der Waals surface area contributed by atoms with Crippen LogP contribution in [0.5, 0.6) is 0 Å². The molecule has 0 amide bonds. The molecule has 6 aromatic rings. The van der Waals surface area contributed by atoms with Crippen LogP contribution in [0.4, 0.5) is 0 Å². The zero-order valence-electron chi connectivity index (χ0n) is 15.9. The third-order valence-electron chi connectivity index (χ3n) is 5.44. The van der Waals surface area contributed by atoms with Gasteiger partial charge in [-0.05, 0) is 61.7 Å². The summed E-state index contributed by atoms with van der Waals surface area (Å²) in [6.07, 6.45) is 0. The van der Waals surface area contributed by atoms with E-state index in [-0.39, 0.29) is 0 Å². The van der Waals surface area contributed by atoms with E-state index in [2.05, 4.69) is 94.8 Å². The van der Waals surface area contributed by atoms with Crippen molar-refractivity contribution in [1.82, 2.24) is 0 Å². The maximum absolute atomic E-state index is 6.58. The summed E-state index contributed by atoms with van der Waals surface area (Å²) in [6, 6.07) is 33.4. The Morgan fingerprint density at radius 3 is 1.60 bits per heavy atom. The highest BCUT2D eigenvalue weighted by atomic mass is 79.9. The van der Waals surface area contributed by atoms with E-state index in [1.807, 2.05) is 18.2 Å². The molecular weight excluding hydrogens is 455 g/mol. The predicted molar refractivity (Wildman–Crippen MR) is 130 cm³/mol. The topological polar surface area (TPSA) is 26.3 Å². The van der Waals surface area contributed by atoms with Crippen molar-refractivity contribution >= 4 is 67.4 Å². The molecule has 0 aliphatic heterocycles. The van der Waals surface area contributed by atoms with Crippen LogP contribution in [0.25, 0.3) is 48.8 Å². The van der Waals surface area contributed by atoms with Gasteiger partial charge in [0.25, 0.3) is 8.01 Å². The molecule has 0 saturated carbocycles. The molecule has 0 radical (unpaired) electrons. The molecule has 5 aromatic carbocycles. The highest BCUT2D eigenvalue weighted by Gasteiger charge is 2.14. The minimum absolute atomic E-state index is 0.852. The lowest BCUT2D eigenvalue weighted by molar-refractivity contribution is 0.651. The van der Waals surface area contributed by atoms with Crippen molar-refractivity contribution in [3.05, 3.63) is 102 Å². The maximum Gasteiger partial charge on any atom is 0.254 e. The molecule has 2 nitrogen and oxygen atoms in total. The fourth-order valence-corrected chi connectivity index (χ4v) is 6.14. The highest BCUT2D eigenvalue weighted by molar-refractivity contribution is 9.10. The monoisotopic (exact) mass is 470 g/mol. The molecule has 0 atom stereocenters. The van der Waals surface area contributed by atoms with Crippen LogP contribution in [-0.2, 0) is 0 Å². The first-order valence-corrected chi connectivity index (χ1v) is 11.7. The first-order chi connectivity index (χ1) is 14.8. The Hall–Kier alpha value is -3.00. The smallest absolute Gasteiger partial charge is 0.254 e. The van der Waals surface area contributed by atoms with E-state index in [4.69, 9.17) is 8.39 Å². The van der Waals surface area contributed by atoms with Crippen LogP contribution in [-0.4, -0.2) is 0 Å². The molecule has 144 valence electrons. The van der Waals surface area contributed by atoms with E-state index in [0.29, 0.717) is 0 Å². The van der Waals surface area contributed by atoms with Crippen LogP contribution in [0.15, 0.2) is 110 Å². The predicted octanol–water partition coefficient (Wildman–Crippen LogP) is 9.35. The van der Waals surface area contributed by atoms with E-state index in [1.54, 1.807) is 0 Å². The lowest BCUT2D eigenvalue weighted by Gasteiger charge is -2.05. The Labute approximate surface area is 182 Å². The third kappa shape index (κ3) is 2.78. The molecule has 0 N–H and O–H groups in total. The Kier molecular flexibility index (Phi) is 4.19. The molecule has 6 rings (SSSR count). The van der Waals surface area contributed by atoms with Gasteiger partial charge in [0.1, 0.15) is 11.2 Å². The van der Waals surface area contributed by atoms with Gasteiger partial charge in [0.2, 0.25) is 0 Å². The molecule has 0 fully saturated rings. The normalized spacial score (nSPS) is 11.5. The van der Waals surface area contributed by atoms with Crippen molar-refractivity contribution in [3.63, 3.8) is 0 Å². The van der Waals surface area contributed by atoms with Gasteiger partial charge in [0.15, 0.2) is 0 Å². The quantitative estimate of drug-likeness (QED) is 0.239. The first kappa shape index (κ1) is 17.8. The lowest BCUT2D eigenvalue weighted by atomic mass is 9.99. The first-order valence-electron chi connectivity index (χ1n) is 9.74. The second-order valence-electron chi connectivity index (χ2n) is 7.21. The zero-order chi connectivity index (χ0) is 20.1. The van der Waals surface area contributed by atoms with Gasteiger partial charge < -0.3 is 8.39 Å². The molecule has 30 heavy (non-hydrogen) atoms. The largest absolute Gasteiger partial charge is 0.416 e. The van der Waals surface area contributed by atoms with E-state index in [1.165, 1.54) is 21.5 Å². The third-order valence-corrected chi connectivity index (χ3v) is 7.95. The van der Waals surface area contributed by atoms with Crippen molar-refractivity contribution < 1.29 is 8.39 Å². The Balaban J connectivity index is 1.92. The summed E-state index contributed by atoms with van der Waals surface area (Å²) in [5, 5.41) is 7.92. The minimum Gasteiger partial charge on any atom is -0.416 e. The molecule has 0 aliphatic carbocycles. The van der Waals surface area contributed by atoms with Crippen LogP contribution in [0.2, 0.25) is 0 Å². The fourth-order valence-electron chi connectivity index (χ4n) is 4.07. The molecule has 4 heteroatoms. The van der Waals surface area contributed by atoms with E-state index in [9.17, 15) is 0 Å². The van der Waals surface area contributed by atoms with Gasteiger partial charge in [0.05, 0.1) is 5.30 Å². The number of benzene rings is 5. The molecule has 1 aromatic heterocycles. The number of rotatable bonds is 1. The number of halogens is 1. The molecule has 1 heterocycles. The van der Waals surface area contributed by atoms with Gasteiger partial charge in [-0.15, -0.1) is 0 Å². The van der Waals surface area contributed by atoms with Crippen molar-refractivity contribution in [1.29, 1.82) is 0 Å². The fraction of sp³-hybridized carbons (Fsp3) is 0. The van der Waals surface area contributed by atoms with Gasteiger partial charge in [0, 0.05) is 15.2 Å². The Bertz CT molecular complexity index is 1520. The SMILES string of the molecule is Brc1ccccc1-p1oc2ccc3ccccc3c2c2c(ccc3ccccc32)o1. The summed E-state index contributed by atoms with van der Waals surface area (Å²) in [5.74, 6) is 0. The van der Waals surface area contributed by atoms with Gasteiger partial charge in [-0.1, -0.05) is 72.8 Å². The number of fused-ring (bicyclic) bond motifs is 7. The number of hydrogen-bond acceptors (Lipinski definition) is 2. The standard InChI is InChI=1S/C26H16BrO2P/c27-21-11-5-6-12-24(21)30-28-22-15-13-17-7-1-3-9-19(17)25(22)26-20-10-4-2-8-18(20)14-16-23(26)29-30/h1-16H. The molecule has 0 saturated heterocycles. The van der Waals surface area contributed by atoms with Gasteiger partial charge in [-0.2, -0.15) is 0 Å². The van der Waals surface area contributed by atoms with E-state index in [0.717, 1.165) is 31.7 Å². The average Bonchev–Trinajstić information content (AvgIpc) is 2.96. The highest BCUT2D eigenvalue weighted by Crippen LogP contribution is 2.47. The van der Waals surface area contributed by atoms with E-state index >= 15 is 0 Å². The molecule has 0 bridgehead atoms. The molecule has 0 unspecified atom stereocenters. The van der Waals surface area contributed by atoms with Crippen LogP contribution >= 0.6 is 23.9 Å². The van der Waals surface area contributed by atoms with Gasteiger partial charge >= 0.3 is 0 Å². The minimum atomic E-state index is -1.35. The van der Waals surface area contributed by atoms with Crippen molar-refractivity contribution in [2.24, 2.45) is 0 Å². The maximum atomic E-state index is 6.58. The lowest BCUT2D eigenvalue weighted by Crippen LogP contribution is -1.79. The van der Waals surface area contributed by atoms with Crippen molar-refractivity contribution in [3.8, 4) is 5.30 Å². The molecular formula is C26H16BrO2P. The Morgan fingerprint density at radius 2 is 1.03 bits per heavy atom. The van der Waals surface area contributed by atoms with Gasteiger partial charge in [-0.25, -0.2) is 0 Å². The number of hydrogen-bond donors (Lipinski definition) is 0. The summed E-state index contributed by atoms with van der Waals surface area (Å²) in [6.45, 7) is 0. The van der Waals surface area contributed by atoms with Gasteiger partial charge in [-0.3, -0.25) is 0 Å². The second-order valence-corrected chi connectivity index (χ2v) is 9.43. The van der Waals surface area contributed by atoms with Crippen LogP contribution in [0.3, 0.4) is 0 Å². The van der Waals surface area contributed by atoms with Crippen LogP contribution < -0.4 is 0 Å². The summed E-state index contributed by atoms with van der Waals surface area (Å²) >= 11 is 3.67. The van der Waals surface area contributed by atoms with Crippen LogP contribution in [0, 0.1) is 0 Å². The molecule has 0 aliphatic rings. The van der Waals surface area contributed by atoms with Crippen LogP contribution in [0.1, 0.15) is 0 Å². The zero-order valence-corrected chi connectivity index (χ0v) is 18.4. The summed E-state index contributed by atoms with van der Waals surface area (Å²) in [4.78, 5) is 0. The van der Waals surface area contributed by atoms with E-state index < -0.39 is 8.01 Å². The van der Waals surface area contributed by atoms with Crippen molar-refractivity contribution in [2.75, 3.05) is 0 Å². The molecule has 0 spiro atoms. The Morgan fingerprint density at radius 1 is 0.533 bits per heavy atom. The summed E-state index contributed by atoms with van der Waals surface area (Å²) < 4.78 is 14.1. The van der Waals surface area contributed by atoms with Crippen molar-refractivity contribution in [2.45, 2.75) is 0 Å². The second kappa shape index (κ2) is 7.05. The summed E-state index contributed by atoms with van der Waals surface area (Å²) in [7, 11) is -1.35. The average molecular weight is 471 g/mol.